The highest BCUT2D eigenvalue weighted by molar-refractivity contribution is 6.30. The molecule has 3 aromatic rings. The normalized spacial score (nSPS) is 17.1. The minimum absolute atomic E-state index is 0.163. The molecule has 0 saturated carbocycles. The van der Waals surface area contributed by atoms with Crippen LogP contribution in [0.2, 0.25) is 5.02 Å². The third-order valence-corrected chi connectivity index (χ3v) is 5.15. The van der Waals surface area contributed by atoms with Crippen molar-refractivity contribution in [1.29, 1.82) is 0 Å². The lowest BCUT2D eigenvalue weighted by Gasteiger charge is -2.27. The van der Waals surface area contributed by atoms with Crippen LogP contribution in [-0.2, 0) is 4.79 Å². The molecule has 3 N–H and O–H groups in total. The minimum Gasteiger partial charge on any atom is -0.454 e. The Bertz CT molecular complexity index is 1190. The number of anilines is 1. The lowest BCUT2D eigenvalue weighted by molar-refractivity contribution is -0.115. The SMILES string of the molecule is CC1=C(C(N)=O)[C@@H](c2ccc3c(c2)OCO3)n2nc(-c3cccc(Cl)c3)nc2N1. The highest BCUT2D eigenvalue weighted by atomic mass is 35.5. The topological polar surface area (TPSA) is 104 Å². The molecular formula is C20H16ClN5O3. The van der Waals surface area contributed by atoms with E-state index in [9.17, 15) is 4.79 Å². The molecular weight excluding hydrogens is 394 g/mol. The monoisotopic (exact) mass is 409 g/mol. The molecule has 9 heteroatoms. The fourth-order valence-corrected chi connectivity index (χ4v) is 3.80. The van der Waals surface area contributed by atoms with Gasteiger partial charge in [0.1, 0.15) is 6.04 Å². The summed E-state index contributed by atoms with van der Waals surface area (Å²) in [6.45, 7) is 1.95. The zero-order chi connectivity index (χ0) is 20.1. The number of hydrogen-bond donors (Lipinski definition) is 2. The molecule has 2 aliphatic heterocycles. The first-order valence-electron chi connectivity index (χ1n) is 8.91. The van der Waals surface area contributed by atoms with Gasteiger partial charge in [-0.1, -0.05) is 29.8 Å². The summed E-state index contributed by atoms with van der Waals surface area (Å²) in [4.78, 5) is 16.9. The van der Waals surface area contributed by atoms with E-state index in [-0.39, 0.29) is 6.79 Å². The van der Waals surface area contributed by atoms with Crippen molar-refractivity contribution in [3.05, 3.63) is 64.3 Å². The van der Waals surface area contributed by atoms with Gasteiger partial charge in [-0.05, 0) is 36.8 Å². The Hall–Kier alpha value is -3.52. The van der Waals surface area contributed by atoms with Crippen molar-refractivity contribution >= 4 is 23.5 Å². The first kappa shape index (κ1) is 17.6. The van der Waals surface area contributed by atoms with Crippen LogP contribution in [0.15, 0.2) is 53.7 Å². The Morgan fingerprint density at radius 3 is 2.86 bits per heavy atom. The summed E-state index contributed by atoms with van der Waals surface area (Å²) in [5, 5.41) is 8.36. The van der Waals surface area contributed by atoms with Crippen molar-refractivity contribution in [3.8, 4) is 22.9 Å². The molecule has 2 aromatic carbocycles. The molecule has 0 bridgehead atoms. The van der Waals surface area contributed by atoms with Gasteiger partial charge >= 0.3 is 0 Å². The lowest BCUT2D eigenvalue weighted by atomic mass is 9.95. The van der Waals surface area contributed by atoms with Gasteiger partial charge in [0.2, 0.25) is 18.6 Å². The average molecular weight is 410 g/mol. The summed E-state index contributed by atoms with van der Waals surface area (Å²) >= 11 is 6.11. The first-order chi connectivity index (χ1) is 14.0. The van der Waals surface area contributed by atoms with Gasteiger partial charge < -0.3 is 20.5 Å². The summed E-state index contributed by atoms with van der Waals surface area (Å²) in [6.07, 6.45) is 0. The van der Waals surface area contributed by atoms with Crippen LogP contribution in [0.4, 0.5) is 5.95 Å². The van der Waals surface area contributed by atoms with Crippen molar-refractivity contribution in [1.82, 2.24) is 14.8 Å². The predicted octanol–water partition coefficient (Wildman–Crippen LogP) is 3.10. The minimum atomic E-state index is -0.557. The number of aromatic nitrogens is 3. The van der Waals surface area contributed by atoms with Crippen LogP contribution in [0.1, 0.15) is 18.5 Å². The largest absolute Gasteiger partial charge is 0.454 e. The van der Waals surface area contributed by atoms with E-state index in [1.165, 1.54) is 0 Å². The number of hydrogen-bond acceptors (Lipinski definition) is 6. The second-order valence-electron chi connectivity index (χ2n) is 6.76. The van der Waals surface area contributed by atoms with Crippen LogP contribution < -0.4 is 20.5 Å². The van der Waals surface area contributed by atoms with E-state index in [2.05, 4.69) is 15.4 Å². The number of rotatable bonds is 3. The Morgan fingerprint density at radius 1 is 1.24 bits per heavy atom. The van der Waals surface area contributed by atoms with Crippen molar-refractivity contribution in [2.75, 3.05) is 12.1 Å². The Morgan fingerprint density at radius 2 is 2.07 bits per heavy atom. The van der Waals surface area contributed by atoms with Crippen LogP contribution in [0.5, 0.6) is 11.5 Å². The second-order valence-corrected chi connectivity index (χ2v) is 7.19. The van der Waals surface area contributed by atoms with E-state index in [0.717, 1.165) is 11.1 Å². The number of nitrogens with two attached hydrogens (primary N) is 1. The van der Waals surface area contributed by atoms with Crippen LogP contribution in [0.25, 0.3) is 11.4 Å². The molecule has 146 valence electrons. The van der Waals surface area contributed by atoms with Gasteiger partial charge in [-0.15, -0.1) is 5.10 Å². The summed E-state index contributed by atoms with van der Waals surface area (Å²) in [7, 11) is 0. The molecule has 8 nitrogen and oxygen atoms in total. The highest BCUT2D eigenvalue weighted by Crippen LogP contribution is 2.40. The fraction of sp³-hybridized carbons (Fsp3) is 0.150. The Labute approximate surface area is 170 Å². The quantitative estimate of drug-likeness (QED) is 0.688. The molecule has 0 radical (unpaired) electrons. The zero-order valence-corrected chi connectivity index (χ0v) is 16.1. The van der Waals surface area contributed by atoms with Gasteiger partial charge in [0.15, 0.2) is 17.3 Å². The van der Waals surface area contributed by atoms with E-state index in [0.29, 0.717) is 39.6 Å². The van der Waals surface area contributed by atoms with E-state index < -0.39 is 11.9 Å². The van der Waals surface area contributed by atoms with Gasteiger partial charge in [-0.3, -0.25) is 4.79 Å². The van der Waals surface area contributed by atoms with Crippen LogP contribution in [0.3, 0.4) is 0 Å². The smallest absolute Gasteiger partial charge is 0.248 e. The maximum absolute atomic E-state index is 12.3. The maximum atomic E-state index is 12.3. The van der Waals surface area contributed by atoms with Crippen molar-refractivity contribution < 1.29 is 14.3 Å². The summed E-state index contributed by atoms with van der Waals surface area (Å²) in [6, 6.07) is 12.2. The molecule has 0 fully saturated rings. The van der Waals surface area contributed by atoms with E-state index >= 15 is 0 Å². The Kier molecular flexibility index (Phi) is 3.95. The van der Waals surface area contributed by atoms with Crippen LogP contribution in [-0.4, -0.2) is 27.5 Å². The van der Waals surface area contributed by atoms with E-state index in [1.807, 2.05) is 30.3 Å². The van der Waals surface area contributed by atoms with Gasteiger partial charge in [0.05, 0.1) is 5.57 Å². The highest BCUT2D eigenvalue weighted by Gasteiger charge is 2.34. The van der Waals surface area contributed by atoms with Gasteiger partial charge in [-0.25, -0.2) is 4.68 Å². The number of fused-ring (bicyclic) bond motifs is 2. The molecule has 0 aliphatic carbocycles. The van der Waals surface area contributed by atoms with E-state index in [1.54, 1.807) is 23.7 Å². The number of carbonyl (C=O) groups is 1. The van der Waals surface area contributed by atoms with Gasteiger partial charge in [0, 0.05) is 16.3 Å². The Balaban J connectivity index is 1.67. The molecule has 2 aliphatic rings. The number of nitrogens with zero attached hydrogens (tertiary/aromatic N) is 3. The number of allylic oxidation sites excluding steroid dienone is 1. The summed E-state index contributed by atoms with van der Waals surface area (Å²) in [5.41, 5.74) is 8.30. The summed E-state index contributed by atoms with van der Waals surface area (Å²) < 4.78 is 12.5. The second kappa shape index (κ2) is 6.52. The number of primary amides is 1. The molecule has 0 unspecified atom stereocenters. The predicted molar refractivity (Wildman–Crippen MR) is 107 cm³/mol. The molecule has 0 spiro atoms. The molecule has 5 rings (SSSR count). The standard InChI is InChI=1S/C20H16ClN5O3/c1-10-16(18(22)27)17(11-5-6-14-15(8-11)29-9-28-14)26-20(23-10)24-19(25-26)12-3-2-4-13(21)7-12/h2-8,17H,9H2,1H3,(H2,22,27)(H,23,24,25)/t17-/m1/s1. The number of halogens is 1. The van der Waals surface area contributed by atoms with Gasteiger partial charge in [-0.2, -0.15) is 4.98 Å². The van der Waals surface area contributed by atoms with Crippen LogP contribution >= 0.6 is 11.6 Å². The number of benzene rings is 2. The van der Waals surface area contributed by atoms with Crippen molar-refractivity contribution in [2.45, 2.75) is 13.0 Å². The lowest BCUT2D eigenvalue weighted by Crippen LogP contribution is -2.31. The van der Waals surface area contributed by atoms with Crippen molar-refractivity contribution in [3.63, 3.8) is 0 Å². The van der Waals surface area contributed by atoms with E-state index in [4.69, 9.17) is 26.8 Å². The summed E-state index contributed by atoms with van der Waals surface area (Å²) in [5.74, 6) is 1.72. The first-order valence-corrected chi connectivity index (χ1v) is 9.28. The molecule has 29 heavy (non-hydrogen) atoms. The molecule has 1 aromatic heterocycles. The maximum Gasteiger partial charge on any atom is 0.248 e. The average Bonchev–Trinajstić information content (AvgIpc) is 3.32. The number of carbonyl (C=O) groups excluding carboxylic acids is 1. The third kappa shape index (κ3) is 2.89. The van der Waals surface area contributed by atoms with Crippen LogP contribution in [0, 0.1) is 0 Å². The molecule has 1 amide bonds. The number of ether oxygens (including phenoxy) is 2. The number of amides is 1. The zero-order valence-electron chi connectivity index (χ0n) is 15.3. The molecule has 3 heterocycles. The van der Waals surface area contributed by atoms with Crippen molar-refractivity contribution in [2.24, 2.45) is 5.73 Å². The molecule has 1 atom stereocenters. The fourth-order valence-electron chi connectivity index (χ4n) is 3.61. The number of nitrogens with one attached hydrogen (secondary N) is 1. The third-order valence-electron chi connectivity index (χ3n) is 4.91. The molecule has 0 saturated heterocycles. The van der Waals surface area contributed by atoms with Gasteiger partial charge in [0.25, 0.3) is 0 Å².